The minimum absolute atomic E-state index is 0.0947. The van der Waals surface area contributed by atoms with Crippen LogP contribution in [0.4, 0.5) is 5.69 Å². The van der Waals surface area contributed by atoms with E-state index in [-0.39, 0.29) is 6.61 Å². The SMILES string of the molecule is O=Cc1cc(Cl)ccc1N(CCO)C1CCCCC1. The van der Waals surface area contributed by atoms with Crippen molar-refractivity contribution in [2.45, 2.75) is 38.1 Å². The molecule has 0 radical (unpaired) electrons. The fourth-order valence-corrected chi connectivity index (χ4v) is 3.06. The Balaban J connectivity index is 2.29. The van der Waals surface area contributed by atoms with Crippen molar-refractivity contribution in [3.8, 4) is 0 Å². The van der Waals surface area contributed by atoms with Gasteiger partial charge in [0.15, 0.2) is 6.29 Å². The number of aldehydes is 1. The number of aliphatic hydroxyl groups excluding tert-OH is 1. The van der Waals surface area contributed by atoms with Crippen molar-refractivity contribution in [2.24, 2.45) is 0 Å². The third-order valence-electron chi connectivity index (χ3n) is 3.78. The topological polar surface area (TPSA) is 40.5 Å². The largest absolute Gasteiger partial charge is 0.395 e. The molecule has 1 N–H and O–H groups in total. The number of hydrogen-bond acceptors (Lipinski definition) is 3. The molecule has 1 fully saturated rings. The molecule has 0 atom stereocenters. The quantitative estimate of drug-likeness (QED) is 0.842. The number of nitrogens with zero attached hydrogens (tertiary/aromatic N) is 1. The van der Waals surface area contributed by atoms with Gasteiger partial charge in [-0.15, -0.1) is 0 Å². The van der Waals surface area contributed by atoms with Crippen molar-refractivity contribution in [1.29, 1.82) is 0 Å². The van der Waals surface area contributed by atoms with Gasteiger partial charge in [-0.25, -0.2) is 0 Å². The summed E-state index contributed by atoms with van der Waals surface area (Å²) in [7, 11) is 0. The van der Waals surface area contributed by atoms with Crippen molar-refractivity contribution < 1.29 is 9.90 Å². The number of rotatable bonds is 5. The van der Waals surface area contributed by atoms with Crippen molar-refractivity contribution >= 4 is 23.6 Å². The van der Waals surface area contributed by atoms with Gasteiger partial charge in [0, 0.05) is 28.9 Å². The molecule has 4 heteroatoms. The molecule has 0 aliphatic heterocycles. The van der Waals surface area contributed by atoms with Gasteiger partial charge in [-0.1, -0.05) is 30.9 Å². The van der Waals surface area contributed by atoms with Gasteiger partial charge in [-0.05, 0) is 31.0 Å². The van der Waals surface area contributed by atoms with Crippen LogP contribution in [0.5, 0.6) is 0 Å². The lowest BCUT2D eigenvalue weighted by atomic mass is 9.93. The van der Waals surface area contributed by atoms with Crippen LogP contribution < -0.4 is 4.90 Å². The summed E-state index contributed by atoms with van der Waals surface area (Å²) in [6.07, 6.45) is 6.81. The molecular formula is C15H20ClNO2. The van der Waals surface area contributed by atoms with E-state index in [1.807, 2.05) is 6.07 Å². The fraction of sp³-hybridized carbons (Fsp3) is 0.533. The highest BCUT2D eigenvalue weighted by atomic mass is 35.5. The van der Waals surface area contributed by atoms with Gasteiger partial charge in [0.25, 0.3) is 0 Å². The van der Waals surface area contributed by atoms with Crippen LogP contribution in [0, 0.1) is 0 Å². The van der Waals surface area contributed by atoms with E-state index < -0.39 is 0 Å². The van der Waals surface area contributed by atoms with E-state index in [0.29, 0.717) is 23.2 Å². The third-order valence-corrected chi connectivity index (χ3v) is 4.02. The zero-order valence-corrected chi connectivity index (χ0v) is 11.8. The van der Waals surface area contributed by atoms with Crippen LogP contribution in [-0.4, -0.2) is 30.6 Å². The van der Waals surface area contributed by atoms with Crippen molar-refractivity contribution in [2.75, 3.05) is 18.1 Å². The first kappa shape index (κ1) is 14.4. The Kier molecular flexibility index (Phi) is 5.23. The molecule has 0 amide bonds. The average molecular weight is 282 g/mol. The minimum atomic E-state index is 0.0947. The lowest BCUT2D eigenvalue weighted by Crippen LogP contribution is -2.39. The summed E-state index contributed by atoms with van der Waals surface area (Å²) in [6, 6.07) is 5.80. The molecular weight excluding hydrogens is 262 g/mol. The molecule has 3 nitrogen and oxygen atoms in total. The van der Waals surface area contributed by atoms with Gasteiger partial charge >= 0.3 is 0 Å². The number of hydrogen-bond donors (Lipinski definition) is 1. The Labute approximate surface area is 119 Å². The van der Waals surface area contributed by atoms with Crippen molar-refractivity contribution in [1.82, 2.24) is 0 Å². The Hall–Kier alpha value is -1.06. The summed E-state index contributed by atoms with van der Waals surface area (Å²) in [5, 5.41) is 9.86. The molecule has 0 bridgehead atoms. The molecule has 0 spiro atoms. The first-order valence-corrected chi connectivity index (χ1v) is 7.26. The smallest absolute Gasteiger partial charge is 0.152 e. The van der Waals surface area contributed by atoms with Crippen molar-refractivity contribution in [3.05, 3.63) is 28.8 Å². The number of anilines is 1. The highest BCUT2D eigenvalue weighted by molar-refractivity contribution is 6.31. The van der Waals surface area contributed by atoms with Gasteiger partial charge in [0.1, 0.15) is 0 Å². The number of carbonyl (C=O) groups excluding carboxylic acids is 1. The molecule has 2 rings (SSSR count). The maximum atomic E-state index is 11.2. The Bertz CT molecular complexity index is 430. The van der Waals surface area contributed by atoms with Crippen LogP contribution in [0.3, 0.4) is 0 Å². The molecule has 0 saturated heterocycles. The van der Waals surface area contributed by atoms with Crippen LogP contribution in [0.25, 0.3) is 0 Å². The average Bonchev–Trinajstić information content (AvgIpc) is 2.46. The molecule has 1 aromatic rings. The molecule has 1 saturated carbocycles. The Morgan fingerprint density at radius 1 is 1.32 bits per heavy atom. The zero-order valence-electron chi connectivity index (χ0n) is 11.0. The van der Waals surface area contributed by atoms with Gasteiger partial charge in [0.05, 0.1) is 6.61 Å². The van der Waals surface area contributed by atoms with Gasteiger partial charge in [-0.3, -0.25) is 4.79 Å². The normalized spacial score (nSPS) is 16.3. The standard InChI is InChI=1S/C15H20ClNO2/c16-13-6-7-15(12(10-13)11-19)17(8-9-18)14-4-2-1-3-5-14/h6-7,10-11,14,18H,1-5,8-9H2. The van der Waals surface area contributed by atoms with Gasteiger partial charge in [0.2, 0.25) is 0 Å². The second kappa shape index (κ2) is 6.92. The van der Waals surface area contributed by atoms with E-state index in [2.05, 4.69) is 4.90 Å². The van der Waals surface area contributed by atoms with E-state index in [4.69, 9.17) is 11.6 Å². The van der Waals surface area contributed by atoms with E-state index in [9.17, 15) is 9.90 Å². The second-order valence-electron chi connectivity index (χ2n) is 5.03. The van der Waals surface area contributed by atoms with E-state index >= 15 is 0 Å². The van der Waals surface area contributed by atoms with E-state index in [0.717, 1.165) is 24.8 Å². The monoisotopic (exact) mass is 281 g/mol. The predicted octanol–water partition coefficient (Wildman–Crippen LogP) is 3.28. The van der Waals surface area contributed by atoms with Gasteiger partial charge in [-0.2, -0.15) is 0 Å². The van der Waals surface area contributed by atoms with E-state index in [1.54, 1.807) is 12.1 Å². The van der Waals surface area contributed by atoms with Crippen LogP contribution in [0.2, 0.25) is 5.02 Å². The highest BCUT2D eigenvalue weighted by Gasteiger charge is 2.22. The van der Waals surface area contributed by atoms with E-state index in [1.165, 1.54) is 19.3 Å². The molecule has 0 aromatic heterocycles. The second-order valence-corrected chi connectivity index (χ2v) is 5.47. The molecule has 0 heterocycles. The maximum Gasteiger partial charge on any atom is 0.152 e. The number of halogens is 1. The molecule has 1 aliphatic rings. The Morgan fingerprint density at radius 2 is 2.05 bits per heavy atom. The number of carbonyl (C=O) groups is 1. The van der Waals surface area contributed by atoms with Crippen molar-refractivity contribution in [3.63, 3.8) is 0 Å². The minimum Gasteiger partial charge on any atom is -0.395 e. The first-order valence-electron chi connectivity index (χ1n) is 6.88. The van der Waals surface area contributed by atoms with Crippen LogP contribution in [0.1, 0.15) is 42.5 Å². The molecule has 19 heavy (non-hydrogen) atoms. The molecule has 1 aromatic carbocycles. The summed E-state index contributed by atoms with van der Waals surface area (Å²) < 4.78 is 0. The number of aliphatic hydroxyl groups is 1. The summed E-state index contributed by atoms with van der Waals surface area (Å²) in [5.41, 5.74) is 1.49. The van der Waals surface area contributed by atoms with Gasteiger partial charge < -0.3 is 10.0 Å². The first-order chi connectivity index (χ1) is 9.26. The maximum absolute atomic E-state index is 11.2. The predicted molar refractivity (Wildman–Crippen MR) is 78.1 cm³/mol. The molecule has 104 valence electrons. The van der Waals surface area contributed by atoms with Crippen LogP contribution >= 0.6 is 11.6 Å². The fourth-order valence-electron chi connectivity index (χ4n) is 2.88. The Morgan fingerprint density at radius 3 is 2.68 bits per heavy atom. The molecule has 1 aliphatic carbocycles. The third kappa shape index (κ3) is 3.48. The highest BCUT2D eigenvalue weighted by Crippen LogP contribution is 2.30. The summed E-state index contributed by atoms with van der Waals surface area (Å²) in [4.78, 5) is 13.4. The van der Waals surface area contributed by atoms with Crippen LogP contribution in [-0.2, 0) is 0 Å². The summed E-state index contributed by atoms with van der Waals surface area (Å²) in [5.74, 6) is 0. The molecule has 0 unspecified atom stereocenters. The lowest BCUT2D eigenvalue weighted by Gasteiger charge is -2.36. The summed E-state index contributed by atoms with van der Waals surface area (Å²) >= 11 is 5.94. The number of benzene rings is 1. The summed E-state index contributed by atoms with van der Waals surface area (Å²) in [6.45, 7) is 0.657. The van der Waals surface area contributed by atoms with Crippen LogP contribution in [0.15, 0.2) is 18.2 Å². The zero-order chi connectivity index (χ0) is 13.7. The lowest BCUT2D eigenvalue weighted by molar-refractivity contribution is 0.112.